The van der Waals surface area contributed by atoms with E-state index in [0.717, 1.165) is 11.3 Å². The fourth-order valence-corrected chi connectivity index (χ4v) is 2.81. The molecule has 0 amide bonds. The van der Waals surface area contributed by atoms with Crippen LogP contribution in [0.4, 0.5) is 0 Å². The second-order valence-corrected chi connectivity index (χ2v) is 6.49. The Hall–Kier alpha value is -1.85. The van der Waals surface area contributed by atoms with Gasteiger partial charge in [-0.3, -0.25) is 9.69 Å². The molecule has 0 aliphatic heterocycles. The number of benzene rings is 1. The SMILES string of the molecule is CC(C)C(C(=O)O)N(Cc1ccc(Cl)cc1)Cc1cncn1C. The van der Waals surface area contributed by atoms with Crippen LogP contribution in [0.1, 0.15) is 25.1 Å². The summed E-state index contributed by atoms with van der Waals surface area (Å²) >= 11 is 5.93. The van der Waals surface area contributed by atoms with E-state index in [1.807, 2.05) is 54.6 Å². The van der Waals surface area contributed by atoms with E-state index >= 15 is 0 Å². The lowest BCUT2D eigenvalue weighted by Gasteiger charge is -2.31. The van der Waals surface area contributed by atoms with Gasteiger partial charge >= 0.3 is 5.97 Å². The molecule has 0 aliphatic carbocycles. The number of carboxylic acids is 1. The van der Waals surface area contributed by atoms with Crippen molar-refractivity contribution in [1.82, 2.24) is 14.5 Å². The van der Waals surface area contributed by atoms with E-state index in [1.165, 1.54) is 0 Å². The molecule has 0 aliphatic rings. The number of nitrogens with zero attached hydrogens (tertiary/aromatic N) is 3. The first kappa shape index (κ1) is 17.5. The molecule has 124 valence electrons. The molecule has 23 heavy (non-hydrogen) atoms. The van der Waals surface area contributed by atoms with Crippen molar-refractivity contribution >= 4 is 17.6 Å². The molecule has 1 aromatic heterocycles. The molecule has 0 bridgehead atoms. The molecule has 6 heteroatoms. The van der Waals surface area contributed by atoms with E-state index in [1.54, 1.807) is 12.5 Å². The minimum atomic E-state index is -0.809. The molecule has 0 saturated carbocycles. The van der Waals surface area contributed by atoms with Gasteiger partial charge < -0.3 is 9.67 Å². The van der Waals surface area contributed by atoms with E-state index < -0.39 is 12.0 Å². The Bertz CT molecular complexity index is 652. The standard InChI is InChI=1S/C17H22ClN3O2/c1-12(2)16(17(22)23)21(10-15-8-19-11-20(15)3)9-13-4-6-14(18)7-5-13/h4-8,11-12,16H,9-10H2,1-3H3,(H,22,23). The van der Waals surface area contributed by atoms with E-state index in [-0.39, 0.29) is 5.92 Å². The van der Waals surface area contributed by atoms with E-state index in [9.17, 15) is 9.90 Å². The minimum absolute atomic E-state index is 0.00646. The quantitative estimate of drug-likeness (QED) is 0.844. The lowest BCUT2D eigenvalue weighted by molar-refractivity contribution is -0.145. The maximum absolute atomic E-state index is 11.8. The lowest BCUT2D eigenvalue weighted by Crippen LogP contribution is -2.44. The van der Waals surface area contributed by atoms with Crippen LogP contribution in [0.3, 0.4) is 0 Å². The van der Waals surface area contributed by atoms with Crippen molar-refractivity contribution in [3.63, 3.8) is 0 Å². The number of aliphatic carboxylic acids is 1. The zero-order valence-electron chi connectivity index (χ0n) is 13.6. The number of aryl methyl sites for hydroxylation is 1. The average molecular weight is 336 g/mol. The fourth-order valence-electron chi connectivity index (χ4n) is 2.68. The summed E-state index contributed by atoms with van der Waals surface area (Å²) in [5.41, 5.74) is 2.01. The maximum atomic E-state index is 11.8. The number of hydrogen-bond donors (Lipinski definition) is 1. The summed E-state index contributed by atoms with van der Waals surface area (Å²) in [7, 11) is 1.91. The van der Waals surface area contributed by atoms with Crippen LogP contribution in [0.5, 0.6) is 0 Å². The molecule has 0 fully saturated rings. The van der Waals surface area contributed by atoms with Crippen molar-refractivity contribution in [2.24, 2.45) is 13.0 Å². The van der Waals surface area contributed by atoms with E-state index in [4.69, 9.17) is 11.6 Å². The summed E-state index contributed by atoms with van der Waals surface area (Å²) in [4.78, 5) is 17.8. The van der Waals surface area contributed by atoms with Gasteiger partial charge in [-0.1, -0.05) is 37.6 Å². The van der Waals surface area contributed by atoms with Gasteiger partial charge in [0.2, 0.25) is 0 Å². The first-order valence-corrected chi connectivity index (χ1v) is 7.92. The van der Waals surface area contributed by atoms with Gasteiger partial charge in [-0.05, 0) is 23.6 Å². The van der Waals surface area contributed by atoms with Gasteiger partial charge in [-0.2, -0.15) is 0 Å². The number of rotatable bonds is 7. The first-order valence-electron chi connectivity index (χ1n) is 7.55. The maximum Gasteiger partial charge on any atom is 0.321 e. The first-order chi connectivity index (χ1) is 10.9. The number of imidazole rings is 1. The zero-order valence-corrected chi connectivity index (χ0v) is 14.4. The summed E-state index contributed by atoms with van der Waals surface area (Å²) in [6, 6.07) is 6.94. The predicted octanol–water partition coefficient (Wildman–Crippen LogP) is 3.18. The highest BCUT2D eigenvalue weighted by Gasteiger charge is 2.29. The number of carbonyl (C=O) groups is 1. The molecule has 0 saturated heterocycles. The van der Waals surface area contributed by atoms with Crippen molar-refractivity contribution < 1.29 is 9.90 Å². The molecule has 1 N–H and O–H groups in total. The highest BCUT2D eigenvalue weighted by atomic mass is 35.5. The molecule has 2 aromatic rings. The Kier molecular flexibility index (Phi) is 5.80. The van der Waals surface area contributed by atoms with Crippen molar-refractivity contribution in [3.8, 4) is 0 Å². The summed E-state index contributed by atoms with van der Waals surface area (Å²) < 4.78 is 1.91. The van der Waals surface area contributed by atoms with Gasteiger partial charge in [0.25, 0.3) is 0 Å². The topological polar surface area (TPSA) is 58.4 Å². The molecule has 5 nitrogen and oxygen atoms in total. The smallest absolute Gasteiger partial charge is 0.321 e. The van der Waals surface area contributed by atoms with E-state index in [0.29, 0.717) is 18.1 Å². The van der Waals surface area contributed by atoms with Crippen LogP contribution in [0, 0.1) is 5.92 Å². The highest BCUT2D eigenvalue weighted by molar-refractivity contribution is 6.30. The van der Waals surface area contributed by atoms with Crippen LogP contribution in [-0.4, -0.2) is 31.6 Å². The monoisotopic (exact) mass is 335 g/mol. The Balaban J connectivity index is 2.27. The number of carboxylic acid groups (broad SMARTS) is 1. The van der Waals surface area contributed by atoms with Crippen molar-refractivity contribution in [1.29, 1.82) is 0 Å². The molecule has 0 radical (unpaired) electrons. The van der Waals surface area contributed by atoms with Crippen LogP contribution in [-0.2, 0) is 24.9 Å². The van der Waals surface area contributed by atoms with Crippen molar-refractivity contribution in [3.05, 3.63) is 53.1 Å². The second kappa shape index (κ2) is 7.62. The van der Waals surface area contributed by atoms with Crippen molar-refractivity contribution in [2.45, 2.75) is 33.0 Å². The third-order valence-electron chi connectivity index (χ3n) is 3.86. The van der Waals surface area contributed by atoms with Gasteiger partial charge in [0.05, 0.1) is 12.0 Å². The van der Waals surface area contributed by atoms with E-state index in [2.05, 4.69) is 4.98 Å². The summed E-state index contributed by atoms with van der Waals surface area (Å²) in [5.74, 6) is -0.816. The Morgan fingerprint density at radius 1 is 1.30 bits per heavy atom. The summed E-state index contributed by atoms with van der Waals surface area (Å²) in [5, 5.41) is 10.3. The zero-order chi connectivity index (χ0) is 17.0. The second-order valence-electron chi connectivity index (χ2n) is 6.05. The molecule has 1 aromatic carbocycles. The summed E-state index contributed by atoms with van der Waals surface area (Å²) in [6.07, 6.45) is 3.50. The number of halogens is 1. The normalized spacial score (nSPS) is 12.8. The molecular weight excluding hydrogens is 314 g/mol. The number of hydrogen-bond acceptors (Lipinski definition) is 3. The molecule has 2 rings (SSSR count). The Morgan fingerprint density at radius 3 is 2.43 bits per heavy atom. The van der Waals surface area contributed by atoms with Gasteiger partial charge in [0, 0.05) is 31.4 Å². The largest absolute Gasteiger partial charge is 0.480 e. The third kappa shape index (κ3) is 4.56. The number of aromatic nitrogens is 2. The molecule has 1 unspecified atom stereocenters. The summed E-state index contributed by atoms with van der Waals surface area (Å²) in [6.45, 7) is 4.92. The third-order valence-corrected chi connectivity index (χ3v) is 4.11. The van der Waals surface area contributed by atoms with Crippen LogP contribution >= 0.6 is 11.6 Å². The van der Waals surface area contributed by atoms with Gasteiger partial charge in [0.1, 0.15) is 6.04 Å². The van der Waals surface area contributed by atoms with Crippen LogP contribution < -0.4 is 0 Å². The van der Waals surface area contributed by atoms with Gasteiger partial charge in [-0.25, -0.2) is 4.98 Å². The molecule has 0 spiro atoms. The average Bonchev–Trinajstić information content (AvgIpc) is 2.86. The lowest BCUT2D eigenvalue weighted by atomic mass is 10.0. The molecular formula is C17H22ClN3O2. The van der Waals surface area contributed by atoms with Crippen molar-refractivity contribution in [2.75, 3.05) is 0 Å². The minimum Gasteiger partial charge on any atom is -0.480 e. The van der Waals surface area contributed by atoms with Gasteiger partial charge in [-0.15, -0.1) is 0 Å². The van der Waals surface area contributed by atoms with Crippen LogP contribution in [0.25, 0.3) is 0 Å². The predicted molar refractivity (Wildman–Crippen MR) is 90.2 cm³/mol. The van der Waals surface area contributed by atoms with Crippen LogP contribution in [0.2, 0.25) is 5.02 Å². The fraction of sp³-hybridized carbons (Fsp3) is 0.412. The highest BCUT2D eigenvalue weighted by Crippen LogP contribution is 2.19. The Labute approximate surface area is 141 Å². The Morgan fingerprint density at radius 2 is 1.96 bits per heavy atom. The van der Waals surface area contributed by atoms with Gasteiger partial charge in [0.15, 0.2) is 0 Å². The van der Waals surface area contributed by atoms with Crippen LogP contribution in [0.15, 0.2) is 36.8 Å². The molecule has 1 heterocycles. The molecule has 1 atom stereocenters.